The molecule has 0 amide bonds. The van der Waals surface area contributed by atoms with Crippen LogP contribution in [0, 0.1) is 6.92 Å². The molecule has 2 heterocycles. The first-order valence-electron chi connectivity index (χ1n) is 6.73. The Morgan fingerprint density at radius 2 is 2.05 bits per heavy atom. The van der Waals surface area contributed by atoms with E-state index in [9.17, 15) is 0 Å². The lowest BCUT2D eigenvalue weighted by Gasteiger charge is -2.08. The minimum Gasteiger partial charge on any atom is -0.481 e. The average molecular weight is 302 g/mol. The van der Waals surface area contributed by atoms with Gasteiger partial charge in [-0.2, -0.15) is 4.98 Å². The number of aryl methyl sites for hydroxylation is 1. The van der Waals surface area contributed by atoms with E-state index in [1.165, 1.54) is 11.1 Å². The molecule has 4 nitrogen and oxygen atoms in total. The van der Waals surface area contributed by atoms with Crippen LogP contribution in [0.15, 0.2) is 36.4 Å². The zero-order chi connectivity index (χ0) is 14.8. The van der Waals surface area contributed by atoms with E-state index in [0.29, 0.717) is 18.3 Å². The van der Waals surface area contributed by atoms with Gasteiger partial charge in [-0.3, -0.25) is 0 Å². The number of rotatable bonds is 4. The largest absolute Gasteiger partial charge is 0.481 e. The third-order valence-electron chi connectivity index (χ3n) is 3.40. The molecule has 5 heteroatoms. The summed E-state index contributed by atoms with van der Waals surface area (Å²) < 4.78 is 7.25. The van der Waals surface area contributed by atoms with E-state index < -0.39 is 0 Å². The van der Waals surface area contributed by atoms with Gasteiger partial charge in [-0.15, -0.1) is 11.6 Å². The van der Waals surface area contributed by atoms with Crippen molar-refractivity contribution in [3.63, 3.8) is 0 Å². The second-order valence-corrected chi connectivity index (χ2v) is 5.20. The zero-order valence-electron chi connectivity index (χ0n) is 12.0. The summed E-state index contributed by atoms with van der Waals surface area (Å²) in [5.41, 5.74) is 4.06. The first-order valence-corrected chi connectivity index (χ1v) is 7.26. The predicted molar refractivity (Wildman–Crippen MR) is 83.9 cm³/mol. The summed E-state index contributed by atoms with van der Waals surface area (Å²) in [6.45, 7) is 2.78. The van der Waals surface area contributed by atoms with Crippen LogP contribution >= 0.6 is 11.6 Å². The highest BCUT2D eigenvalue weighted by Gasteiger charge is 2.12. The minimum atomic E-state index is 0.352. The normalized spacial score (nSPS) is 11.0. The Kier molecular flexibility index (Phi) is 3.80. The molecule has 0 aliphatic carbocycles. The molecule has 0 aliphatic heterocycles. The Balaban J connectivity index is 2.10. The Morgan fingerprint density at radius 1 is 1.19 bits per heavy atom. The summed E-state index contributed by atoms with van der Waals surface area (Å²) in [7, 11) is 1.61. The smallest absolute Gasteiger partial charge is 0.215 e. The predicted octanol–water partition coefficient (Wildman–Crippen LogP) is 3.54. The number of ether oxygens (including phenoxy) is 1. The molecule has 0 atom stereocenters. The Hall–Kier alpha value is -2.07. The molecule has 0 spiro atoms. The fraction of sp³-hybridized carbons (Fsp3) is 0.250. The van der Waals surface area contributed by atoms with Crippen molar-refractivity contribution in [3.05, 3.63) is 53.3 Å². The number of hydrogen-bond acceptors (Lipinski definition) is 3. The topological polar surface area (TPSA) is 39.9 Å². The summed E-state index contributed by atoms with van der Waals surface area (Å²) in [6.07, 6.45) is 0. The van der Waals surface area contributed by atoms with Gasteiger partial charge in [-0.05, 0) is 18.6 Å². The number of halogens is 1. The number of hydrogen-bond donors (Lipinski definition) is 0. The molecule has 2 aromatic heterocycles. The van der Waals surface area contributed by atoms with E-state index >= 15 is 0 Å². The first-order chi connectivity index (χ1) is 10.2. The van der Waals surface area contributed by atoms with E-state index in [0.717, 1.165) is 17.0 Å². The van der Waals surface area contributed by atoms with Crippen LogP contribution in [0.2, 0.25) is 0 Å². The van der Waals surface area contributed by atoms with Crippen LogP contribution in [0.4, 0.5) is 0 Å². The number of nitrogens with zero attached hydrogens (tertiary/aromatic N) is 3. The maximum absolute atomic E-state index is 6.03. The molecule has 0 saturated heterocycles. The highest BCUT2D eigenvalue weighted by atomic mass is 35.5. The molecule has 0 N–H and O–H groups in total. The van der Waals surface area contributed by atoms with Gasteiger partial charge >= 0.3 is 0 Å². The van der Waals surface area contributed by atoms with E-state index in [1.54, 1.807) is 7.11 Å². The number of imidazole rings is 1. The van der Waals surface area contributed by atoms with Crippen molar-refractivity contribution < 1.29 is 4.74 Å². The molecular weight excluding hydrogens is 286 g/mol. The van der Waals surface area contributed by atoms with Gasteiger partial charge < -0.3 is 9.30 Å². The van der Waals surface area contributed by atoms with Crippen molar-refractivity contribution in [1.82, 2.24) is 14.5 Å². The van der Waals surface area contributed by atoms with Gasteiger partial charge in [-0.1, -0.05) is 29.8 Å². The van der Waals surface area contributed by atoms with E-state index in [1.807, 2.05) is 16.7 Å². The van der Waals surface area contributed by atoms with E-state index in [4.69, 9.17) is 16.3 Å². The molecule has 0 bridgehead atoms. The van der Waals surface area contributed by atoms with E-state index in [2.05, 4.69) is 41.2 Å². The highest BCUT2D eigenvalue weighted by Crippen LogP contribution is 2.20. The van der Waals surface area contributed by atoms with Crippen LogP contribution in [0.25, 0.3) is 11.2 Å². The fourth-order valence-corrected chi connectivity index (χ4v) is 2.61. The third-order valence-corrected chi connectivity index (χ3v) is 3.64. The number of methoxy groups -OCH3 is 1. The quantitative estimate of drug-likeness (QED) is 0.692. The van der Waals surface area contributed by atoms with Crippen LogP contribution in [0.3, 0.4) is 0 Å². The molecule has 0 saturated carbocycles. The van der Waals surface area contributed by atoms with Crippen LogP contribution < -0.4 is 4.74 Å². The third kappa shape index (κ3) is 2.72. The lowest BCUT2D eigenvalue weighted by atomic mass is 10.1. The van der Waals surface area contributed by atoms with Gasteiger partial charge in [-0.25, -0.2) is 4.98 Å². The number of benzene rings is 1. The van der Waals surface area contributed by atoms with Crippen molar-refractivity contribution in [3.8, 4) is 5.88 Å². The molecule has 0 unspecified atom stereocenters. The maximum Gasteiger partial charge on any atom is 0.215 e. The van der Waals surface area contributed by atoms with Crippen LogP contribution in [-0.4, -0.2) is 21.6 Å². The molecular formula is C16H16ClN3O. The van der Waals surface area contributed by atoms with Crippen LogP contribution in [0.5, 0.6) is 5.88 Å². The van der Waals surface area contributed by atoms with Crippen molar-refractivity contribution in [2.24, 2.45) is 0 Å². The van der Waals surface area contributed by atoms with Gasteiger partial charge in [0.15, 0.2) is 5.65 Å². The van der Waals surface area contributed by atoms with Gasteiger partial charge in [0.25, 0.3) is 0 Å². The summed E-state index contributed by atoms with van der Waals surface area (Å²) in [4.78, 5) is 9.04. The second-order valence-electron chi connectivity index (χ2n) is 4.93. The summed E-state index contributed by atoms with van der Waals surface area (Å²) >= 11 is 6.03. The summed E-state index contributed by atoms with van der Waals surface area (Å²) in [6, 6.07) is 12.1. The zero-order valence-corrected chi connectivity index (χ0v) is 12.8. The molecule has 1 aromatic carbocycles. The van der Waals surface area contributed by atoms with Crippen LogP contribution in [0.1, 0.15) is 17.0 Å². The van der Waals surface area contributed by atoms with Crippen LogP contribution in [-0.2, 0) is 12.4 Å². The lowest BCUT2D eigenvalue weighted by molar-refractivity contribution is 0.399. The average Bonchev–Trinajstić information content (AvgIpc) is 2.84. The van der Waals surface area contributed by atoms with Gasteiger partial charge in [0.05, 0.1) is 19.5 Å². The number of fused-ring (bicyclic) bond motifs is 1. The Morgan fingerprint density at radius 3 is 2.76 bits per heavy atom. The van der Waals surface area contributed by atoms with Gasteiger partial charge in [0.1, 0.15) is 11.3 Å². The van der Waals surface area contributed by atoms with Crippen molar-refractivity contribution in [2.45, 2.75) is 19.3 Å². The molecule has 21 heavy (non-hydrogen) atoms. The molecule has 0 fully saturated rings. The van der Waals surface area contributed by atoms with Gasteiger partial charge in [0, 0.05) is 6.07 Å². The highest BCUT2D eigenvalue weighted by molar-refractivity contribution is 6.16. The Bertz CT molecular complexity index is 782. The number of pyridine rings is 1. The number of aromatic nitrogens is 3. The van der Waals surface area contributed by atoms with E-state index in [-0.39, 0.29) is 0 Å². The molecule has 108 valence electrons. The Labute approximate surface area is 128 Å². The van der Waals surface area contributed by atoms with Gasteiger partial charge in [0.2, 0.25) is 5.88 Å². The SMILES string of the molecule is COc1ccc2nc(CCl)n(Cc3cccc(C)c3)c2n1. The summed E-state index contributed by atoms with van der Waals surface area (Å²) in [5.74, 6) is 1.74. The molecule has 0 aliphatic rings. The minimum absolute atomic E-state index is 0.352. The monoisotopic (exact) mass is 301 g/mol. The van der Waals surface area contributed by atoms with Crippen molar-refractivity contribution in [2.75, 3.05) is 7.11 Å². The molecule has 0 radical (unpaired) electrons. The van der Waals surface area contributed by atoms with Crippen molar-refractivity contribution in [1.29, 1.82) is 0 Å². The number of alkyl halides is 1. The molecule has 3 rings (SSSR count). The standard InChI is InChI=1S/C16H16ClN3O/c1-11-4-3-5-12(8-11)10-20-14(9-17)18-13-6-7-15(21-2)19-16(13)20/h3-8H,9-10H2,1-2H3. The molecule has 3 aromatic rings. The fourth-order valence-electron chi connectivity index (χ4n) is 2.41. The van der Waals surface area contributed by atoms with Crippen molar-refractivity contribution >= 4 is 22.8 Å². The summed E-state index contributed by atoms with van der Waals surface area (Å²) in [5, 5.41) is 0. The second kappa shape index (κ2) is 5.74. The first kappa shape index (κ1) is 13.9. The maximum atomic E-state index is 6.03. The lowest BCUT2D eigenvalue weighted by Crippen LogP contribution is -2.05.